The van der Waals surface area contributed by atoms with Gasteiger partial charge in [-0.15, -0.1) is 0 Å². The molecule has 4 fully saturated rings. The third-order valence-corrected chi connectivity index (χ3v) is 11.9. The van der Waals surface area contributed by atoms with Crippen LogP contribution in [0.15, 0.2) is 41.2 Å². The van der Waals surface area contributed by atoms with E-state index < -0.39 is 11.4 Å². The van der Waals surface area contributed by atoms with Crippen molar-refractivity contribution in [2.75, 3.05) is 82.4 Å². The van der Waals surface area contributed by atoms with Gasteiger partial charge in [0.2, 0.25) is 11.8 Å². The Bertz CT molecular complexity index is 1720. The molecule has 0 unspecified atom stereocenters. The van der Waals surface area contributed by atoms with Crippen LogP contribution in [0.25, 0.3) is 10.9 Å². The molecule has 0 radical (unpaired) electrons. The van der Waals surface area contributed by atoms with Gasteiger partial charge < -0.3 is 29.6 Å². The second-order valence-corrected chi connectivity index (χ2v) is 15.3. The fraction of sp³-hybridized carbons (Fsp3) is 0.568. The highest BCUT2D eigenvalue weighted by molar-refractivity contribution is 7.99. The summed E-state index contributed by atoms with van der Waals surface area (Å²) in [6.45, 7) is 10.1. The lowest BCUT2D eigenvalue weighted by Crippen LogP contribution is -2.49. The lowest BCUT2D eigenvalue weighted by molar-refractivity contribution is -0.133. The van der Waals surface area contributed by atoms with Gasteiger partial charge in [-0.25, -0.2) is 9.37 Å². The molecule has 0 spiro atoms. The number of piperidine rings is 2. The van der Waals surface area contributed by atoms with E-state index in [2.05, 4.69) is 47.4 Å². The van der Waals surface area contributed by atoms with Crippen molar-refractivity contribution in [3.8, 4) is 5.75 Å². The summed E-state index contributed by atoms with van der Waals surface area (Å²) in [4.78, 5) is 51.0. The Morgan fingerprint density at radius 3 is 2.37 bits per heavy atom. The molecule has 0 aliphatic carbocycles. The number of benzene rings is 2. The molecule has 2 aromatic carbocycles. The SMILES string of the molecule is O=C1CC[C@H](Nc2ccc(N3CCN(CCN4CCC(COc5cc(F)c6c(=O)[nH]c(CSC7CCOCC7)nc6c5)CC4)CC3)cc2)C(=O)N1. The summed E-state index contributed by atoms with van der Waals surface area (Å²) in [6.07, 6.45) is 4.90. The summed E-state index contributed by atoms with van der Waals surface area (Å²) < 4.78 is 26.5. The monoisotopic (exact) mass is 721 g/mol. The first-order valence-electron chi connectivity index (χ1n) is 18.3. The fourth-order valence-corrected chi connectivity index (χ4v) is 8.40. The molecule has 5 heterocycles. The van der Waals surface area contributed by atoms with E-state index in [-0.39, 0.29) is 23.2 Å². The molecule has 1 aromatic heterocycles. The summed E-state index contributed by atoms with van der Waals surface area (Å²) in [5.41, 5.74) is 1.94. The van der Waals surface area contributed by atoms with E-state index in [0.717, 1.165) is 96.9 Å². The zero-order valence-electron chi connectivity index (χ0n) is 29.0. The number of likely N-dealkylation sites (tertiary alicyclic amines) is 1. The molecule has 14 heteroatoms. The highest BCUT2D eigenvalue weighted by Crippen LogP contribution is 2.27. The number of thioether (sulfide) groups is 1. The maximum absolute atomic E-state index is 15.0. The zero-order chi connectivity index (χ0) is 35.2. The van der Waals surface area contributed by atoms with Gasteiger partial charge in [0.25, 0.3) is 5.56 Å². The van der Waals surface area contributed by atoms with Crippen LogP contribution >= 0.6 is 11.8 Å². The van der Waals surface area contributed by atoms with Gasteiger partial charge in [0, 0.05) is 87.7 Å². The number of aromatic amines is 1. The topological polar surface area (TPSA) is 132 Å². The smallest absolute Gasteiger partial charge is 0.261 e. The molecule has 4 saturated heterocycles. The fourth-order valence-electron chi connectivity index (χ4n) is 7.34. The van der Waals surface area contributed by atoms with Gasteiger partial charge in [0.15, 0.2) is 0 Å². The number of halogens is 1. The molecule has 0 saturated carbocycles. The Labute approximate surface area is 301 Å². The van der Waals surface area contributed by atoms with Crippen molar-refractivity contribution < 1.29 is 23.5 Å². The van der Waals surface area contributed by atoms with Crippen LogP contribution in [-0.2, 0) is 20.1 Å². The van der Waals surface area contributed by atoms with Gasteiger partial charge in [0.05, 0.1) is 17.9 Å². The molecule has 274 valence electrons. The quantitative estimate of drug-likeness (QED) is 0.237. The van der Waals surface area contributed by atoms with Crippen molar-refractivity contribution >= 4 is 45.9 Å². The van der Waals surface area contributed by atoms with Crippen LogP contribution in [0.4, 0.5) is 15.8 Å². The minimum atomic E-state index is -0.604. The van der Waals surface area contributed by atoms with Crippen molar-refractivity contribution in [3.63, 3.8) is 0 Å². The Kier molecular flexibility index (Phi) is 11.7. The van der Waals surface area contributed by atoms with Crippen LogP contribution in [0.2, 0.25) is 0 Å². The number of aromatic nitrogens is 2. The number of hydrogen-bond acceptors (Lipinski definition) is 11. The lowest BCUT2D eigenvalue weighted by atomic mass is 9.98. The van der Waals surface area contributed by atoms with E-state index in [4.69, 9.17) is 9.47 Å². The summed E-state index contributed by atoms with van der Waals surface area (Å²) in [7, 11) is 0. The van der Waals surface area contributed by atoms with E-state index in [9.17, 15) is 18.8 Å². The van der Waals surface area contributed by atoms with Gasteiger partial charge in [-0.3, -0.25) is 24.6 Å². The summed E-state index contributed by atoms with van der Waals surface area (Å²) in [5, 5.41) is 6.09. The van der Waals surface area contributed by atoms with Crippen LogP contribution in [-0.4, -0.2) is 115 Å². The first-order chi connectivity index (χ1) is 24.9. The molecule has 3 N–H and O–H groups in total. The average molecular weight is 722 g/mol. The lowest BCUT2D eigenvalue weighted by Gasteiger charge is -2.38. The van der Waals surface area contributed by atoms with E-state index in [1.807, 2.05) is 12.1 Å². The van der Waals surface area contributed by atoms with Crippen LogP contribution in [0.5, 0.6) is 5.75 Å². The molecule has 51 heavy (non-hydrogen) atoms. The number of carbonyl (C=O) groups excluding carboxylic acids is 2. The molecular formula is C37H48FN7O5S. The number of anilines is 2. The minimum absolute atomic E-state index is 0.0212. The number of piperazine rings is 1. The molecule has 3 aromatic rings. The summed E-state index contributed by atoms with van der Waals surface area (Å²) in [6, 6.07) is 10.8. The number of hydrogen-bond donors (Lipinski definition) is 3. The second-order valence-electron chi connectivity index (χ2n) is 14.1. The van der Waals surface area contributed by atoms with Crippen LogP contribution in [0, 0.1) is 11.7 Å². The molecule has 7 rings (SSSR count). The standard InChI is InChI=1S/C37H48FN7O5S/c38-30-21-28(22-32-35(30)37(48)41-33(40-32)24-51-29-9-19-49-20-10-29)50-23-25-7-11-43(12-8-25)13-14-44-15-17-45(18-16-44)27-3-1-26(2-4-27)39-31-5-6-34(46)42-36(31)47/h1-4,21-22,25,29,31,39H,5-20,23-24H2,(H,40,41,48)(H,42,46,47)/t31-/m0/s1. The van der Waals surface area contributed by atoms with E-state index in [0.29, 0.717) is 53.5 Å². The molecular weight excluding hydrogens is 674 g/mol. The highest BCUT2D eigenvalue weighted by atomic mass is 32.2. The minimum Gasteiger partial charge on any atom is -0.493 e. The second kappa shape index (κ2) is 16.7. The third-order valence-electron chi connectivity index (χ3n) is 10.5. The van der Waals surface area contributed by atoms with Crippen molar-refractivity contribution in [1.82, 2.24) is 25.1 Å². The number of ether oxygens (including phenoxy) is 2. The number of amides is 2. The molecule has 1 atom stereocenters. The molecule has 12 nitrogen and oxygen atoms in total. The number of fused-ring (bicyclic) bond motifs is 1. The molecule has 2 amide bonds. The van der Waals surface area contributed by atoms with Gasteiger partial charge in [-0.2, -0.15) is 11.8 Å². The van der Waals surface area contributed by atoms with Crippen molar-refractivity contribution in [1.29, 1.82) is 0 Å². The Hall–Kier alpha value is -3.72. The first kappa shape index (κ1) is 35.7. The first-order valence-corrected chi connectivity index (χ1v) is 19.4. The van der Waals surface area contributed by atoms with Crippen molar-refractivity contribution in [2.24, 2.45) is 5.92 Å². The number of nitrogens with zero attached hydrogens (tertiary/aromatic N) is 4. The van der Waals surface area contributed by atoms with E-state index >= 15 is 0 Å². The summed E-state index contributed by atoms with van der Waals surface area (Å²) in [5.74, 6) is 0.870. The van der Waals surface area contributed by atoms with Gasteiger partial charge in [-0.1, -0.05) is 0 Å². The highest BCUT2D eigenvalue weighted by Gasteiger charge is 2.27. The third kappa shape index (κ3) is 9.39. The number of rotatable bonds is 12. The molecule has 4 aliphatic rings. The molecule has 0 bridgehead atoms. The number of nitrogens with one attached hydrogen (secondary N) is 3. The average Bonchev–Trinajstić information content (AvgIpc) is 3.14. The van der Waals surface area contributed by atoms with Crippen LogP contribution < -0.4 is 25.8 Å². The predicted octanol–water partition coefficient (Wildman–Crippen LogP) is 3.60. The van der Waals surface area contributed by atoms with Crippen LogP contribution in [0.1, 0.15) is 44.3 Å². The van der Waals surface area contributed by atoms with Crippen molar-refractivity contribution in [2.45, 2.75) is 55.6 Å². The van der Waals surface area contributed by atoms with Crippen molar-refractivity contribution in [3.05, 3.63) is 58.4 Å². The summed E-state index contributed by atoms with van der Waals surface area (Å²) >= 11 is 1.76. The normalized spacial score (nSPS) is 21.6. The number of carbonyl (C=O) groups is 2. The molecule has 4 aliphatic heterocycles. The van der Waals surface area contributed by atoms with Gasteiger partial charge >= 0.3 is 0 Å². The van der Waals surface area contributed by atoms with Crippen LogP contribution in [0.3, 0.4) is 0 Å². The Morgan fingerprint density at radius 1 is 0.922 bits per heavy atom. The van der Waals surface area contributed by atoms with E-state index in [1.54, 1.807) is 17.8 Å². The number of imide groups is 1. The number of H-pyrrole nitrogens is 1. The Balaban J connectivity index is 0.810. The zero-order valence-corrected chi connectivity index (χ0v) is 29.9. The maximum atomic E-state index is 15.0. The van der Waals surface area contributed by atoms with Gasteiger partial charge in [0.1, 0.15) is 28.8 Å². The largest absolute Gasteiger partial charge is 0.493 e. The van der Waals surface area contributed by atoms with E-state index in [1.165, 1.54) is 11.8 Å². The predicted molar refractivity (Wildman–Crippen MR) is 197 cm³/mol. The maximum Gasteiger partial charge on any atom is 0.261 e. The Morgan fingerprint density at radius 2 is 1.65 bits per heavy atom. The van der Waals surface area contributed by atoms with Gasteiger partial charge in [-0.05, 0) is 75.4 Å².